The summed E-state index contributed by atoms with van der Waals surface area (Å²) < 4.78 is 6.91. The highest BCUT2D eigenvalue weighted by Crippen LogP contribution is 2.34. The molecule has 156 valence electrons. The Hall–Kier alpha value is -2.98. The number of halogens is 1. The zero-order chi connectivity index (χ0) is 22.1. The van der Waals surface area contributed by atoms with Crippen LogP contribution < -0.4 is 10.6 Å². The summed E-state index contributed by atoms with van der Waals surface area (Å²) in [6.45, 7) is 3.96. The van der Waals surface area contributed by atoms with Crippen molar-refractivity contribution in [3.05, 3.63) is 74.9 Å². The summed E-state index contributed by atoms with van der Waals surface area (Å²) in [5.41, 5.74) is 5.01. The predicted molar refractivity (Wildman–Crippen MR) is 133 cm³/mol. The van der Waals surface area contributed by atoms with Crippen LogP contribution in [0.4, 0.5) is 5.69 Å². The van der Waals surface area contributed by atoms with Crippen LogP contribution in [0.2, 0.25) is 0 Å². The number of benzene rings is 3. The van der Waals surface area contributed by atoms with Crippen LogP contribution in [0, 0.1) is 17.4 Å². The van der Waals surface area contributed by atoms with Gasteiger partial charge in [-0.2, -0.15) is 0 Å². The van der Waals surface area contributed by atoms with Gasteiger partial charge in [-0.25, -0.2) is 4.98 Å². The number of nitrogens with one attached hydrogen (secondary N) is 2. The van der Waals surface area contributed by atoms with Crippen molar-refractivity contribution in [2.45, 2.75) is 13.8 Å². The van der Waals surface area contributed by atoms with Crippen molar-refractivity contribution in [1.82, 2.24) is 10.3 Å². The van der Waals surface area contributed by atoms with Crippen LogP contribution in [0.1, 0.15) is 21.5 Å². The van der Waals surface area contributed by atoms with E-state index in [0.717, 1.165) is 20.2 Å². The number of oxazole rings is 1. The molecule has 8 heteroatoms. The number of aromatic hydroxyl groups is 1. The fourth-order valence-corrected chi connectivity index (χ4v) is 3.79. The fourth-order valence-electron chi connectivity index (χ4n) is 3.22. The summed E-state index contributed by atoms with van der Waals surface area (Å²) in [4.78, 5) is 16.8. The summed E-state index contributed by atoms with van der Waals surface area (Å²) in [5.74, 6) is 0.00640. The van der Waals surface area contributed by atoms with Gasteiger partial charge < -0.3 is 14.8 Å². The lowest BCUT2D eigenvalue weighted by Crippen LogP contribution is -2.34. The summed E-state index contributed by atoms with van der Waals surface area (Å²) in [7, 11) is 0. The Kier molecular flexibility index (Phi) is 5.92. The van der Waals surface area contributed by atoms with Gasteiger partial charge in [-0.15, -0.1) is 0 Å². The number of aryl methyl sites for hydroxylation is 2. The number of nitrogens with zero attached hydrogens (tertiary/aromatic N) is 1. The van der Waals surface area contributed by atoms with Crippen LogP contribution in [-0.2, 0) is 0 Å². The van der Waals surface area contributed by atoms with Crippen molar-refractivity contribution in [3.8, 4) is 17.2 Å². The largest absolute Gasteiger partial charge is 0.507 e. The summed E-state index contributed by atoms with van der Waals surface area (Å²) in [6.07, 6.45) is 0. The number of phenolic OH excluding ortho intramolecular Hbond substituents is 1. The van der Waals surface area contributed by atoms with Crippen molar-refractivity contribution < 1.29 is 14.3 Å². The maximum atomic E-state index is 12.3. The molecule has 0 saturated heterocycles. The van der Waals surface area contributed by atoms with Gasteiger partial charge in [-0.05, 0) is 102 Å². The average molecular weight is 543 g/mol. The highest BCUT2D eigenvalue weighted by atomic mass is 127. The standard InChI is InChI=1S/C23H18IN3O3S/c1-12-9-13(2)20-18(10-12)26-22(30-20)17-8-7-16(11-19(17)28)25-23(31)27-21(29)14-3-5-15(24)6-4-14/h3-11,28H,1-2H3,(H2,25,27,29,31). The Balaban J connectivity index is 1.50. The Morgan fingerprint density at radius 1 is 1.10 bits per heavy atom. The number of thiocarbonyl (C=S) groups is 1. The lowest BCUT2D eigenvalue weighted by Gasteiger charge is -2.11. The smallest absolute Gasteiger partial charge is 0.257 e. The van der Waals surface area contributed by atoms with E-state index in [1.54, 1.807) is 24.3 Å². The molecule has 1 heterocycles. The normalized spacial score (nSPS) is 10.8. The number of aromatic nitrogens is 1. The molecule has 0 fully saturated rings. The second-order valence-corrected chi connectivity index (χ2v) is 8.75. The highest BCUT2D eigenvalue weighted by Gasteiger charge is 2.15. The van der Waals surface area contributed by atoms with Gasteiger partial charge in [0.2, 0.25) is 5.89 Å². The molecule has 4 aromatic rings. The van der Waals surface area contributed by atoms with E-state index in [0.29, 0.717) is 28.3 Å². The van der Waals surface area contributed by atoms with Crippen LogP contribution in [0.3, 0.4) is 0 Å². The van der Waals surface area contributed by atoms with E-state index in [-0.39, 0.29) is 16.8 Å². The van der Waals surface area contributed by atoms with Gasteiger partial charge in [0, 0.05) is 20.9 Å². The molecule has 0 aliphatic rings. The van der Waals surface area contributed by atoms with E-state index in [4.69, 9.17) is 16.6 Å². The number of carbonyl (C=O) groups is 1. The number of hydrogen-bond donors (Lipinski definition) is 3. The molecule has 0 radical (unpaired) electrons. The van der Waals surface area contributed by atoms with Crippen molar-refractivity contribution in [1.29, 1.82) is 0 Å². The van der Waals surface area contributed by atoms with Crippen LogP contribution in [0.15, 0.2) is 59.0 Å². The van der Waals surface area contributed by atoms with E-state index < -0.39 is 0 Å². The first-order valence-corrected chi connectivity index (χ1v) is 10.9. The van der Waals surface area contributed by atoms with Gasteiger partial charge in [0.15, 0.2) is 10.7 Å². The first kappa shape index (κ1) is 21.3. The van der Waals surface area contributed by atoms with Gasteiger partial charge >= 0.3 is 0 Å². The van der Waals surface area contributed by atoms with Crippen molar-refractivity contribution >= 4 is 62.6 Å². The lowest BCUT2D eigenvalue weighted by atomic mass is 10.1. The number of amides is 1. The van der Waals surface area contributed by atoms with Gasteiger partial charge in [-0.1, -0.05) is 6.07 Å². The minimum absolute atomic E-state index is 0.0160. The number of fused-ring (bicyclic) bond motifs is 1. The third-order valence-corrected chi connectivity index (χ3v) is 5.56. The molecule has 0 aliphatic carbocycles. The first-order valence-electron chi connectivity index (χ1n) is 9.39. The molecule has 0 bridgehead atoms. The SMILES string of the molecule is Cc1cc(C)c2oc(-c3ccc(NC(=S)NC(=O)c4ccc(I)cc4)cc3O)nc2c1. The van der Waals surface area contributed by atoms with Crippen molar-refractivity contribution in [3.63, 3.8) is 0 Å². The summed E-state index contributed by atoms with van der Waals surface area (Å²) >= 11 is 7.39. The third-order valence-electron chi connectivity index (χ3n) is 4.64. The Morgan fingerprint density at radius 3 is 2.55 bits per heavy atom. The van der Waals surface area contributed by atoms with Crippen molar-refractivity contribution in [2.75, 3.05) is 5.32 Å². The van der Waals surface area contributed by atoms with Gasteiger partial charge in [0.25, 0.3) is 5.91 Å². The second-order valence-electron chi connectivity index (χ2n) is 7.10. The average Bonchev–Trinajstić information content (AvgIpc) is 3.12. The molecular weight excluding hydrogens is 525 g/mol. The molecule has 31 heavy (non-hydrogen) atoms. The van der Waals surface area contributed by atoms with Crippen LogP contribution in [0.5, 0.6) is 5.75 Å². The third kappa shape index (κ3) is 4.70. The second kappa shape index (κ2) is 8.64. The van der Waals surface area contributed by atoms with Gasteiger partial charge in [0.1, 0.15) is 11.3 Å². The molecule has 0 aliphatic heterocycles. The van der Waals surface area contributed by atoms with E-state index >= 15 is 0 Å². The maximum Gasteiger partial charge on any atom is 0.257 e. The minimum atomic E-state index is -0.313. The molecule has 3 N–H and O–H groups in total. The van der Waals surface area contributed by atoms with Crippen LogP contribution in [0.25, 0.3) is 22.6 Å². The number of phenols is 1. The molecule has 0 spiro atoms. The predicted octanol–water partition coefficient (Wildman–Crippen LogP) is 5.55. The molecule has 1 aromatic heterocycles. The molecule has 0 saturated carbocycles. The van der Waals surface area contributed by atoms with Crippen LogP contribution in [-0.4, -0.2) is 21.1 Å². The molecule has 4 rings (SSSR count). The molecule has 0 unspecified atom stereocenters. The minimum Gasteiger partial charge on any atom is -0.507 e. The van der Waals surface area contributed by atoms with Crippen molar-refractivity contribution in [2.24, 2.45) is 0 Å². The van der Waals surface area contributed by atoms with Gasteiger partial charge in [0.05, 0.1) is 5.56 Å². The summed E-state index contributed by atoms with van der Waals surface area (Å²) in [6, 6.07) is 16.0. The maximum absolute atomic E-state index is 12.3. The quantitative estimate of drug-likeness (QED) is 0.232. The number of anilines is 1. The van der Waals surface area contributed by atoms with E-state index in [1.807, 2.05) is 38.1 Å². The Morgan fingerprint density at radius 2 is 1.84 bits per heavy atom. The van der Waals surface area contributed by atoms with E-state index in [2.05, 4.69) is 38.2 Å². The van der Waals surface area contributed by atoms with Gasteiger partial charge in [-0.3, -0.25) is 10.1 Å². The fraction of sp³-hybridized carbons (Fsp3) is 0.0870. The zero-order valence-corrected chi connectivity index (χ0v) is 19.7. The highest BCUT2D eigenvalue weighted by molar-refractivity contribution is 14.1. The molecule has 6 nitrogen and oxygen atoms in total. The summed E-state index contributed by atoms with van der Waals surface area (Å²) in [5, 5.41) is 16.2. The lowest BCUT2D eigenvalue weighted by molar-refractivity contribution is 0.0977. The zero-order valence-electron chi connectivity index (χ0n) is 16.7. The van der Waals surface area contributed by atoms with Crippen LogP contribution >= 0.6 is 34.8 Å². The number of rotatable bonds is 3. The van der Waals surface area contributed by atoms with E-state index in [9.17, 15) is 9.90 Å². The molecule has 1 amide bonds. The Labute approximate surface area is 197 Å². The monoisotopic (exact) mass is 543 g/mol. The number of hydrogen-bond acceptors (Lipinski definition) is 5. The first-order chi connectivity index (χ1) is 14.8. The molecule has 0 atom stereocenters. The topological polar surface area (TPSA) is 87.4 Å². The number of carbonyl (C=O) groups excluding carboxylic acids is 1. The molecule has 3 aromatic carbocycles. The van der Waals surface area contributed by atoms with E-state index in [1.165, 1.54) is 6.07 Å². The molecular formula is C23H18IN3O3S. The Bertz CT molecular complexity index is 1320.